The molecule has 1 aromatic heterocycles. The zero-order valence-corrected chi connectivity index (χ0v) is 13.4. The van der Waals surface area contributed by atoms with Crippen molar-refractivity contribution >= 4 is 11.8 Å². The van der Waals surface area contributed by atoms with Crippen LogP contribution in [0.15, 0.2) is 23.4 Å². The van der Waals surface area contributed by atoms with Crippen molar-refractivity contribution in [2.45, 2.75) is 51.2 Å². The maximum absolute atomic E-state index is 5.72. The molecule has 0 bridgehead atoms. The van der Waals surface area contributed by atoms with Crippen molar-refractivity contribution in [1.29, 1.82) is 0 Å². The predicted molar refractivity (Wildman–Crippen MR) is 83.8 cm³/mol. The molecule has 0 spiro atoms. The van der Waals surface area contributed by atoms with E-state index in [-0.39, 0.29) is 0 Å². The van der Waals surface area contributed by atoms with Gasteiger partial charge in [-0.3, -0.25) is 0 Å². The van der Waals surface area contributed by atoms with Crippen molar-refractivity contribution in [3.8, 4) is 0 Å². The van der Waals surface area contributed by atoms with Crippen molar-refractivity contribution in [3.05, 3.63) is 40.7 Å². The van der Waals surface area contributed by atoms with E-state index in [1.807, 2.05) is 0 Å². The van der Waals surface area contributed by atoms with E-state index < -0.39 is 0 Å². The maximum atomic E-state index is 5.72. The average molecular weight is 290 g/mol. The fourth-order valence-corrected chi connectivity index (χ4v) is 3.56. The zero-order valence-electron chi connectivity index (χ0n) is 12.6. The Morgan fingerprint density at radius 3 is 2.40 bits per heavy atom. The van der Waals surface area contributed by atoms with Crippen LogP contribution in [0, 0.1) is 13.8 Å². The van der Waals surface area contributed by atoms with Crippen LogP contribution in [0.1, 0.15) is 42.4 Å². The molecule has 0 fully saturated rings. The van der Waals surface area contributed by atoms with Crippen LogP contribution in [0.3, 0.4) is 0 Å². The first-order chi connectivity index (χ1) is 9.54. The fourth-order valence-electron chi connectivity index (χ4n) is 2.28. The summed E-state index contributed by atoms with van der Waals surface area (Å²) in [5, 5.41) is 9.41. The lowest BCUT2D eigenvalue weighted by atomic mass is 10.1. The highest BCUT2D eigenvalue weighted by molar-refractivity contribution is 7.98. The van der Waals surface area contributed by atoms with Gasteiger partial charge in [-0.25, -0.2) is 0 Å². The number of benzene rings is 1. The van der Waals surface area contributed by atoms with E-state index in [2.05, 4.69) is 60.7 Å². The number of hydrogen-bond acceptors (Lipinski definition) is 4. The fraction of sp³-hybridized carbons (Fsp3) is 0.467. The topological polar surface area (TPSA) is 56.7 Å². The number of thioether (sulfide) groups is 1. The molecule has 2 rings (SSSR count). The average Bonchev–Trinajstić information content (AvgIpc) is 2.81. The first-order valence-corrected chi connectivity index (χ1v) is 7.85. The smallest absolute Gasteiger partial charge is 0.191 e. The number of nitrogens with zero attached hydrogens (tertiary/aromatic N) is 3. The van der Waals surface area contributed by atoms with Crippen LogP contribution >= 0.6 is 11.8 Å². The van der Waals surface area contributed by atoms with Crippen LogP contribution in [-0.4, -0.2) is 14.8 Å². The van der Waals surface area contributed by atoms with Gasteiger partial charge < -0.3 is 10.3 Å². The highest BCUT2D eigenvalue weighted by Crippen LogP contribution is 2.27. The van der Waals surface area contributed by atoms with Gasteiger partial charge in [-0.15, -0.1) is 10.2 Å². The minimum atomic E-state index is 0.323. The Morgan fingerprint density at radius 2 is 1.85 bits per heavy atom. The summed E-state index contributed by atoms with van der Waals surface area (Å²) in [6.45, 7) is 9.00. The molecule has 0 unspecified atom stereocenters. The molecular formula is C15H22N4S. The number of aryl methyl sites for hydroxylation is 2. The van der Waals surface area contributed by atoms with Gasteiger partial charge in [-0.1, -0.05) is 30.0 Å². The van der Waals surface area contributed by atoms with E-state index >= 15 is 0 Å². The van der Waals surface area contributed by atoms with Crippen molar-refractivity contribution < 1.29 is 0 Å². The summed E-state index contributed by atoms with van der Waals surface area (Å²) in [5.41, 5.74) is 9.76. The first kappa shape index (κ1) is 15.1. The Balaban J connectivity index is 2.21. The molecule has 2 aromatic rings. The summed E-state index contributed by atoms with van der Waals surface area (Å²) >= 11 is 1.73. The number of aromatic nitrogens is 3. The molecule has 4 nitrogen and oxygen atoms in total. The number of nitrogens with two attached hydrogens (primary N) is 1. The third-order valence-corrected chi connectivity index (χ3v) is 4.39. The highest BCUT2D eigenvalue weighted by atomic mass is 32.2. The summed E-state index contributed by atoms with van der Waals surface area (Å²) in [6, 6.07) is 6.73. The van der Waals surface area contributed by atoms with Crippen molar-refractivity contribution in [2.75, 3.05) is 0 Å². The van der Waals surface area contributed by atoms with Crippen LogP contribution in [0.25, 0.3) is 0 Å². The largest absolute Gasteiger partial charge is 0.324 e. The van der Waals surface area contributed by atoms with E-state index in [0.29, 0.717) is 12.6 Å². The third kappa shape index (κ3) is 3.04. The van der Waals surface area contributed by atoms with Crippen LogP contribution in [0.2, 0.25) is 0 Å². The Kier molecular flexibility index (Phi) is 4.83. The lowest BCUT2D eigenvalue weighted by Gasteiger charge is -2.14. The van der Waals surface area contributed by atoms with Gasteiger partial charge in [0.2, 0.25) is 0 Å². The Hall–Kier alpha value is -1.33. The molecule has 0 saturated carbocycles. The van der Waals surface area contributed by atoms with Crippen molar-refractivity contribution in [2.24, 2.45) is 5.73 Å². The van der Waals surface area contributed by atoms with Gasteiger partial charge in [0.1, 0.15) is 5.82 Å². The van der Waals surface area contributed by atoms with Crippen molar-refractivity contribution in [3.63, 3.8) is 0 Å². The second-order valence-electron chi connectivity index (χ2n) is 5.23. The summed E-state index contributed by atoms with van der Waals surface area (Å²) in [6.07, 6.45) is 0. The summed E-state index contributed by atoms with van der Waals surface area (Å²) in [4.78, 5) is 0. The van der Waals surface area contributed by atoms with E-state index in [0.717, 1.165) is 16.7 Å². The number of rotatable bonds is 5. The normalized spacial score (nSPS) is 11.3. The first-order valence-electron chi connectivity index (χ1n) is 6.86. The molecule has 0 saturated heterocycles. The SMILES string of the molecule is Cc1cccc(C)c1CSc1nnc(CN)n1C(C)C. The van der Waals surface area contributed by atoms with Gasteiger partial charge in [0, 0.05) is 11.8 Å². The van der Waals surface area contributed by atoms with E-state index in [1.165, 1.54) is 16.7 Å². The third-order valence-electron chi connectivity index (χ3n) is 3.42. The molecule has 0 aliphatic carbocycles. The molecule has 0 amide bonds. The van der Waals surface area contributed by atoms with Crippen LogP contribution in [0.5, 0.6) is 0 Å². The molecule has 1 aromatic carbocycles. The minimum Gasteiger partial charge on any atom is -0.324 e. The summed E-state index contributed by atoms with van der Waals surface area (Å²) in [5.74, 6) is 1.76. The molecule has 0 aliphatic rings. The van der Waals surface area contributed by atoms with Gasteiger partial charge in [-0.2, -0.15) is 0 Å². The summed E-state index contributed by atoms with van der Waals surface area (Å²) in [7, 11) is 0. The Labute approximate surface area is 124 Å². The second-order valence-corrected chi connectivity index (χ2v) is 6.17. The van der Waals surface area contributed by atoms with E-state index in [4.69, 9.17) is 5.73 Å². The predicted octanol–water partition coefficient (Wildman–Crippen LogP) is 3.23. The van der Waals surface area contributed by atoms with Gasteiger partial charge in [0.25, 0.3) is 0 Å². The quantitative estimate of drug-likeness (QED) is 0.859. The van der Waals surface area contributed by atoms with Gasteiger partial charge in [0.05, 0.1) is 6.54 Å². The van der Waals surface area contributed by atoms with Crippen molar-refractivity contribution in [1.82, 2.24) is 14.8 Å². The second kappa shape index (κ2) is 6.41. The minimum absolute atomic E-state index is 0.323. The molecular weight excluding hydrogens is 268 g/mol. The molecule has 2 N–H and O–H groups in total. The monoisotopic (exact) mass is 290 g/mol. The molecule has 0 aliphatic heterocycles. The van der Waals surface area contributed by atoms with E-state index in [9.17, 15) is 0 Å². The molecule has 108 valence electrons. The standard InChI is InChI=1S/C15H22N4S/c1-10(2)19-14(8-16)17-18-15(19)20-9-13-11(3)6-5-7-12(13)4/h5-7,10H,8-9,16H2,1-4H3. The van der Waals surface area contributed by atoms with Crippen LogP contribution in [-0.2, 0) is 12.3 Å². The molecule has 20 heavy (non-hydrogen) atoms. The van der Waals surface area contributed by atoms with Crippen LogP contribution in [0.4, 0.5) is 0 Å². The molecule has 1 heterocycles. The lowest BCUT2D eigenvalue weighted by molar-refractivity contribution is 0.526. The molecule has 0 radical (unpaired) electrons. The van der Waals surface area contributed by atoms with Gasteiger partial charge >= 0.3 is 0 Å². The molecule has 5 heteroatoms. The Bertz CT molecular complexity index is 569. The zero-order chi connectivity index (χ0) is 14.7. The Morgan fingerprint density at radius 1 is 1.20 bits per heavy atom. The van der Waals surface area contributed by atoms with Gasteiger partial charge in [-0.05, 0) is 44.4 Å². The summed E-state index contributed by atoms with van der Waals surface area (Å²) < 4.78 is 2.12. The highest BCUT2D eigenvalue weighted by Gasteiger charge is 2.14. The molecule has 0 atom stereocenters. The number of hydrogen-bond donors (Lipinski definition) is 1. The lowest BCUT2D eigenvalue weighted by Crippen LogP contribution is -2.11. The van der Waals surface area contributed by atoms with Gasteiger partial charge in [0.15, 0.2) is 5.16 Å². The maximum Gasteiger partial charge on any atom is 0.191 e. The van der Waals surface area contributed by atoms with Crippen LogP contribution < -0.4 is 5.73 Å². The van der Waals surface area contributed by atoms with E-state index in [1.54, 1.807) is 11.8 Å².